The van der Waals surface area contributed by atoms with Gasteiger partial charge in [-0.05, 0) is 29.8 Å². The zero-order chi connectivity index (χ0) is 16.4. The molecule has 1 aromatic heterocycles. The number of fused-ring (bicyclic) bond motifs is 1. The van der Waals surface area contributed by atoms with E-state index >= 15 is 0 Å². The lowest BCUT2D eigenvalue weighted by molar-refractivity contribution is 0.0686. The molecule has 0 bridgehead atoms. The number of rotatable bonds is 4. The molecule has 0 radical (unpaired) electrons. The average molecular weight is 310 g/mol. The largest absolute Gasteiger partial charge is 0.497 e. The van der Waals surface area contributed by atoms with Crippen LogP contribution in [0.4, 0.5) is 0 Å². The van der Waals surface area contributed by atoms with Crippen molar-refractivity contribution in [2.75, 3.05) is 7.11 Å². The Labute approximate surface area is 131 Å². The van der Waals surface area contributed by atoms with Crippen LogP contribution in [0.15, 0.2) is 53.3 Å². The van der Waals surface area contributed by atoms with E-state index in [1.807, 2.05) is 24.3 Å². The second-order valence-electron chi connectivity index (χ2n) is 5.01. The lowest BCUT2D eigenvalue weighted by Crippen LogP contribution is -2.23. The van der Waals surface area contributed by atoms with E-state index in [4.69, 9.17) is 4.74 Å². The van der Waals surface area contributed by atoms with Crippen LogP contribution in [0.5, 0.6) is 5.75 Å². The Bertz CT molecular complexity index is 929. The van der Waals surface area contributed by atoms with E-state index in [0.29, 0.717) is 17.4 Å². The summed E-state index contributed by atoms with van der Waals surface area (Å²) < 4.78 is 6.64. The van der Waals surface area contributed by atoms with Crippen LogP contribution < -0.4 is 10.2 Å². The highest BCUT2D eigenvalue weighted by molar-refractivity contribution is 5.90. The van der Waals surface area contributed by atoms with Gasteiger partial charge < -0.3 is 9.84 Å². The number of aromatic nitrogens is 2. The van der Waals surface area contributed by atoms with Crippen LogP contribution in [-0.2, 0) is 6.54 Å². The Morgan fingerprint density at radius 3 is 2.52 bits per heavy atom. The Morgan fingerprint density at radius 1 is 1.17 bits per heavy atom. The summed E-state index contributed by atoms with van der Waals surface area (Å²) >= 11 is 0. The number of methoxy groups -OCH3 is 1. The number of carboxylic acids is 1. The summed E-state index contributed by atoms with van der Waals surface area (Å²) in [6.45, 7) is 0.352. The summed E-state index contributed by atoms with van der Waals surface area (Å²) in [6.07, 6.45) is 0. The Morgan fingerprint density at radius 2 is 1.87 bits per heavy atom. The smallest absolute Gasteiger partial charge is 0.360 e. The van der Waals surface area contributed by atoms with Gasteiger partial charge in [0.05, 0.1) is 19.2 Å². The summed E-state index contributed by atoms with van der Waals surface area (Å²) in [5.74, 6) is -0.595. The molecule has 23 heavy (non-hydrogen) atoms. The third-order valence-corrected chi connectivity index (χ3v) is 3.56. The van der Waals surface area contributed by atoms with Gasteiger partial charge in [-0.1, -0.05) is 24.3 Å². The van der Waals surface area contributed by atoms with Gasteiger partial charge in [-0.3, -0.25) is 9.48 Å². The van der Waals surface area contributed by atoms with Gasteiger partial charge in [-0.2, -0.15) is 5.10 Å². The lowest BCUT2D eigenvalue weighted by Gasteiger charge is -2.11. The molecule has 1 N–H and O–H groups in total. The van der Waals surface area contributed by atoms with Crippen LogP contribution in [0.2, 0.25) is 0 Å². The van der Waals surface area contributed by atoms with Crippen molar-refractivity contribution in [2.24, 2.45) is 0 Å². The van der Waals surface area contributed by atoms with E-state index in [-0.39, 0.29) is 0 Å². The number of aromatic carboxylic acids is 1. The van der Waals surface area contributed by atoms with Gasteiger partial charge in [0, 0.05) is 5.39 Å². The molecule has 0 saturated carbocycles. The molecular weight excluding hydrogens is 296 g/mol. The maximum absolute atomic E-state index is 12.2. The van der Waals surface area contributed by atoms with E-state index in [2.05, 4.69) is 5.10 Å². The predicted octanol–water partition coefficient (Wildman–Crippen LogP) is 2.15. The van der Waals surface area contributed by atoms with Gasteiger partial charge >= 0.3 is 5.97 Å². The second-order valence-corrected chi connectivity index (χ2v) is 5.01. The molecule has 0 unspecified atom stereocenters. The number of hydrogen-bond donors (Lipinski definition) is 1. The van der Waals surface area contributed by atoms with Crippen molar-refractivity contribution in [3.8, 4) is 5.75 Å². The third kappa shape index (κ3) is 2.78. The second kappa shape index (κ2) is 5.92. The first kappa shape index (κ1) is 14.8. The van der Waals surface area contributed by atoms with Gasteiger partial charge in [0.25, 0.3) is 0 Å². The first-order valence-electron chi connectivity index (χ1n) is 6.96. The van der Waals surface area contributed by atoms with Crippen molar-refractivity contribution < 1.29 is 14.6 Å². The Kier molecular flexibility index (Phi) is 3.80. The number of nitrogens with zero attached hydrogens (tertiary/aromatic N) is 2. The molecule has 0 aliphatic rings. The minimum Gasteiger partial charge on any atom is -0.497 e. The van der Waals surface area contributed by atoms with E-state index < -0.39 is 17.1 Å². The molecule has 0 aliphatic carbocycles. The first-order valence-corrected chi connectivity index (χ1v) is 6.96. The zero-order valence-electron chi connectivity index (χ0n) is 12.4. The summed E-state index contributed by atoms with van der Waals surface area (Å²) in [7, 11) is 1.59. The topological polar surface area (TPSA) is 81.4 Å². The molecule has 0 aliphatic heterocycles. The molecule has 0 fully saturated rings. The number of para-hydroxylation sites is 1. The van der Waals surface area contributed by atoms with Crippen molar-refractivity contribution in [1.29, 1.82) is 0 Å². The molecule has 0 saturated heterocycles. The van der Waals surface area contributed by atoms with Gasteiger partial charge in [0.1, 0.15) is 5.75 Å². The zero-order valence-corrected chi connectivity index (χ0v) is 12.4. The molecule has 3 rings (SSSR count). The van der Waals surface area contributed by atoms with Crippen molar-refractivity contribution in [3.63, 3.8) is 0 Å². The lowest BCUT2D eigenvalue weighted by atomic mass is 10.1. The van der Waals surface area contributed by atoms with Crippen LogP contribution in [0.3, 0.4) is 0 Å². The van der Waals surface area contributed by atoms with E-state index in [9.17, 15) is 14.7 Å². The molecule has 3 aromatic rings. The molecule has 0 atom stereocenters. The number of carboxylic acid groups (broad SMARTS) is 1. The van der Waals surface area contributed by atoms with E-state index in [1.165, 1.54) is 4.68 Å². The van der Waals surface area contributed by atoms with Gasteiger partial charge in [0.15, 0.2) is 0 Å². The molecule has 0 spiro atoms. The quantitative estimate of drug-likeness (QED) is 0.798. The van der Waals surface area contributed by atoms with Crippen molar-refractivity contribution in [3.05, 3.63) is 70.0 Å². The summed E-state index contributed by atoms with van der Waals surface area (Å²) in [6, 6.07) is 14.2. The fraction of sp³-hybridized carbons (Fsp3) is 0.118. The highest BCUT2D eigenvalue weighted by Crippen LogP contribution is 2.15. The monoisotopic (exact) mass is 310 g/mol. The predicted molar refractivity (Wildman–Crippen MR) is 85.1 cm³/mol. The maximum Gasteiger partial charge on any atom is 0.360 e. The average Bonchev–Trinajstić information content (AvgIpc) is 2.58. The number of carbonyl (C=O) groups is 1. The SMILES string of the molecule is COc1ccc(Cn2nc(C(=O)O)c(=O)c3ccccc32)cc1. The first-order chi connectivity index (χ1) is 11.1. The number of ether oxygens (including phenoxy) is 1. The van der Waals surface area contributed by atoms with Gasteiger partial charge in [0.2, 0.25) is 11.1 Å². The molecule has 6 heteroatoms. The summed E-state index contributed by atoms with van der Waals surface area (Å²) in [5.41, 5.74) is 0.470. The van der Waals surface area contributed by atoms with E-state index in [1.54, 1.807) is 31.4 Å². The normalized spacial score (nSPS) is 10.7. The third-order valence-electron chi connectivity index (χ3n) is 3.56. The minimum absolute atomic E-state index is 0.341. The van der Waals surface area contributed by atoms with Crippen LogP contribution in [0.25, 0.3) is 10.9 Å². The summed E-state index contributed by atoms with van der Waals surface area (Å²) in [4.78, 5) is 23.4. The van der Waals surface area contributed by atoms with Crippen LogP contribution >= 0.6 is 0 Å². The minimum atomic E-state index is -1.33. The fourth-order valence-electron chi connectivity index (χ4n) is 2.40. The molecule has 6 nitrogen and oxygen atoms in total. The molecule has 2 aromatic carbocycles. The molecule has 116 valence electrons. The van der Waals surface area contributed by atoms with Crippen LogP contribution in [0, 0.1) is 0 Å². The van der Waals surface area contributed by atoms with Gasteiger partial charge in [-0.25, -0.2) is 4.79 Å². The van der Waals surface area contributed by atoms with Crippen molar-refractivity contribution >= 4 is 16.9 Å². The van der Waals surface area contributed by atoms with Crippen molar-refractivity contribution in [1.82, 2.24) is 9.78 Å². The molecular formula is C17H14N2O4. The van der Waals surface area contributed by atoms with Gasteiger partial charge in [-0.15, -0.1) is 0 Å². The van der Waals surface area contributed by atoms with Crippen LogP contribution in [0.1, 0.15) is 16.1 Å². The van der Waals surface area contributed by atoms with Crippen LogP contribution in [-0.4, -0.2) is 28.0 Å². The number of benzene rings is 2. The molecule has 1 heterocycles. The van der Waals surface area contributed by atoms with E-state index in [0.717, 1.165) is 11.3 Å². The summed E-state index contributed by atoms with van der Waals surface area (Å²) in [5, 5.41) is 13.5. The Hall–Kier alpha value is -3.15. The maximum atomic E-state index is 12.2. The highest BCUT2D eigenvalue weighted by Gasteiger charge is 2.16. The van der Waals surface area contributed by atoms with Crippen molar-refractivity contribution in [2.45, 2.75) is 6.54 Å². The standard InChI is InChI=1S/C17H14N2O4/c1-23-12-8-6-11(7-9-12)10-19-14-5-3-2-4-13(14)16(20)15(18-19)17(21)22/h2-9H,10H2,1H3,(H,21,22). The molecule has 0 amide bonds. The highest BCUT2D eigenvalue weighted by atomic mass is 16.5. The Balaban J connectivity index is 2.13. The fourth-order valence-corrected chi connectivity index (χ4v) is 2.40. The number of hydrogen-bond acceptors (Lipinski definition) is 4.